The monoisotopic (exact) mass is 356 g/mol. The van der Waals surface area contributed by atoms with Gasteiger partial charge < -0.3 is 19.8 Å². The molecule has 2 heterocycles. The number of ether oxygens (including phenoxy) is 1. The van der Waals surface area contributed by atoms with Crippen molar-refractivity contribution in [1.82, 2.24) is 4.90 Å². The van der Waals surface area contributed by atoms with Crippen molar-refractivity contribution < 1.29 is 18.7 Å². The van der Waals surface area contributed by atoms with E-state index < -0.39 is 0 Å². The summed E-state index contributed by atoms with van der Waals surface area (Å²) in [6, 6.07) is 9.42. The molecule has 1 aliphatic heterocycles. The van der Waals surface area contributed by atoms with Crippen LogP contribution in [0.25, 0.3) is 0 Å². The van der Waals surface area contributed by atoms with E-state index in [1.807, 2.05) is 26.0 Å². The Labute approximate surface area is 152 Å². The first-order valence-electron chi connectivity index (χ1n) is 8.78. The molecule has 0 saturated carbocycles. The Kier molecular flexibility index (Phi) is 5.30. The van der Waals surface area contributed by atoms with Gasteiger partial charge in [0.25, 0.3) is 5.91 Å². The second-order valence-electron chi connectivity index (χ2n) is 6.90. The number of hydrogen-bond donors (Lipinski definition) is 1. The number of hydrogen-bond acceptors (Lipinski definition) is 4. The van der Waals surface area contributed by atoms with E-state index in [0.29, 0.717) is 31.0 Å². The van der Waals surface area contributed by atoms with Crippen molar-refractivity contribution in [2.45, 2.75) is 33.3 Å². The van der Waals surface area contributed by atoms with E-state index in [9.17, 15) is 9.59 Å². The van der Waals surface area contributed by atoms with Crippen LogP contribution in [0.5, 0.6) is 5.75 Å². The number of rotatable bonds is 6. The number of primary amides is 1. The first-order valence-corrected chi connectivity index (χ1v) is 8.78. The number of likely N-dealkylation sites (tertiary alicyclic amines) is 1. The summed E-state index contributed by atoms with van der Waals surface area (Å²) < 4.78 is 11.4. The maximum Gasteiger partial charge on any atom is 0.289 e. The zero-order valence-electron chi connectivity index (χ0n) is 15.2. The lowest BCUT2D eigenvalue weighted by Gasteiger charge is -2.14. The molecule has 0 spiro atoms. The van der Waals surface area contributed by atoms with Gasteiger partial charge in [-0.1, -0.05) is 17.7 Å². The van der Waals surface area contributed by atoms with Crippen LogP contribution in [-0.2, 0) is 11.4 Å². The SMILES string of the molecule is Cc1ccc(OCc2ccc(C(=O)N3CCC(CC(N)=O)C3)o2)c(C)c1. The smallest absolute Gasteiger partial charge is 0.289 e. The minimum atomic E-state index is -0.326. The number of aryl methyl sites for hydroxylation is 2. The third-order valence-electron chi connectivity index (χ3n) is 4.64. The largest absolute Gasteiger partial charge is 0.485 e. The average Bonchev–Trinajstić information content (AvgIpc) is 3.22. The lowest BCUT2D eigenvalue weighted by atomic mass is 10.1. The van der Waals surface area contributed by atoms with Crippen molar-refractivity contribution in [2.24, 2.45) is 11.7 Å². The molecule has 3 rings (SSSR count). The molecule has 1 unspecified atom stereocenters. The molecule has 138 valence electrons. The molecule has 1 saturated heterocycles. The van der Waals surface area contributed by atoms with Gasteiger partial charge in [-0.15, -0.1) is 0 Å². The van der Waals surface area contributed by atoms with Gasteiger partial charge in [-0.2, -0.15) is 0 Å². The van der Waals surface area contributed by atoms with E-state index in [4.69, 9.17) is 14.9 Å². The molecule has 2 amide bonds. The molecule has 0 bridgehead atoms. The fraction of sp³-hybridized carbons (Fsp3) is 0.400. The quantitative estimate of drug-likeness (QED) is 0.862. The maximum atomic E-state index is 12.5. The standard InChI is InChI=1S/C20H24N2O4/c1-13-3-5-17(14(2)9-13)25-12-16-4-6-18(26-16)20(24)22-8-7-15(11-22)10-19(21)23/h3-6,9,15H,7-8,10-12H2,1-2H3,(H2,21,23). The second-order valence-corrected chi connectivity index (χ2v) is 6.90. The maximum absolute atomic E-state index is 12.5. The predicted octanol–water partition coefficient (Wildman–Crippen LogP) is 2.81. The van der Waals surface area contributed by atoms with Crippen LogP contribution in [0.1, 0.15) is 40.3 Å². The van der Waals surface area contributed by atoms with E-state index in [1.54, 1.807) is 17.0 Å². The third-order valence-corrected chi connectivity index (χ3v) is 4.64. The van der Waals surface area contributed by atoms with Crippen molar-refractivity contribution >= 4 is 11.8 Å². The Morgan fingerprint density at radius 3 is 2.81 bits per heavy atom. The Bertz CT molecular complexity index is 812. The highest BCUT2D eigenvalue weighted by Gasteiger charge is 2.29. The average molecular weight is 356 g/mol. The summed E-state index contributed by atoms with van der Waals surface area (Å²) in [4.78, 5) is 25.3. The topological polar surface area (TPSA) is 85.8 Å². The van der Waals surface area contributed by atoms with Gasteiger partial charge in [-0.25, -0.2) is 0 Å². The van der Waals surface area contributed by atoms with Gasteiger partial charge in [0.05, 0.1) is 0 Å². The molecule has 1 aromatic carbocycles. The summed E-state index contributed by atoms with van der Waals surface area (Å²) in [6.07, 6.45) is 1.11. The van der Waals surface area contributed by atoms with Gasteiger partial charge in [-0.05, 0) is 49.9 Å². The number of furan rings is 1. The molecular weight excluding hydrogens is 332 g/mol. The molecule has 1 atom stereocenters. The fourth-order valence-electron chi connectivity index (χ4n) is 3.30. The van der Waals surface area contributed by atoms with Crippen LogP contribution in [0.2, 0.25) is 0 Å². The number of nitrogens with zero attached hydrogens (tertiary/aromatic N) is 1. The molecule has 6 nitrogen and oxygen atoms in total. The van der Waals surface area contributed by atoms with Gasteiger partial charge in [-0.3, -0.25) is 9.59 Å². The van der Waals surface area contributed by atoms with Gasteiger partial charge >= 0.3 is 0 Å². The Hall–Kier alpha value is -2.76. The summed E-state index contributed by atoms with van der Waals surface area (Å²) in [5.74, 6) is 1.35. The lowest BCUT2D eigenvalue weighted by molar-refractivity contribution is -0.118. The highest BCUT2D eigenvalue weighted by molar-refractivity contribution is 5.91. The van der Waals surface area contributed by atoms with Gasteiger partial charge in [0.15, 0.2) is 5.76 Å². The van der Waals surface area contributed by atoms with Crippen LogP contribution in [0.3, 0.4) is 0 Å². The number of carbonyl (C=O) groups is 2. The van der Waals surface area contributed by atoms with Crippen LogP contribution in [0.15, 0.2) is 34.7 Å². The normalized spacial score (nSPS) is 16.7. The molecular formula is C20H24N2O4. The third kappa shape index (κ3) is 4.25. The first kappa shape index (κ1) is 18.0. The van der Waals surface area contributed by atoms with Crippen LogP contribution < -0.4 is 10.5 Å². The predicted molar refractivity (Wildman–Crippen MR) is 96.8 cm³/mol. The van der Waals surface area contributed by atoms with E-state index in [0.717, 1.165) is 17.7 Å². The highest BCUT2D eigenvalue weighted by atomic mass is 16.5. The van der Waals surface area contributed by atoms with Crippen molar-refractivity contribution in [3.8, 4) is 5.75 Å². The summed E-state index contributed by atoms with van der Waals surface area (Å²) in [6.45, 7) is 5.45. The van der Waals surface area contributed by atoms with E-state index in [1.165, 1.54) is 5.56 Å². The van der Waals surface area contributed by atoms with E-state index in [-0.39, 0.29) is 24.3 Å². The summed E-state index contributed by atoms with van der Waals surface area (Å²) in [7, 11) is 0. The van der Waals surface area contributed by atoms with Gasteiger partial charge in [0, 0.05) is 19.5 Å². The summed E-state index contributed by atoms with van der Waals surface area (Å²) >= 11 is 0. The number of amides is 2. The van der Waals surface area contributed by atoms with Crippen LogP contribution in [0.4, 0.5) is 0 Å². The zero-order valence-corrected chi connectivity index (χ0v) is 15.2. The molecule has 1 fully saturated rings. The summed E-state index contributed by atoms with van der Waals surface area (Å²) in [5.41, 5.74) is 7.48. The van der Waals surface area contributed by atoms with Crippen LogP contribution in [0, 0.1) is 19.8 Å². The van der Waals surface area contributed by atoms with Gasteiger partial charge in [0.2, 0.25) is 5.91 Å². The molecule has 2 N–H and O–H groups in total. The molecule has 1 aromatic heterocycles. The van der Waals surface area contributed by atoms with E-state index in [2.05, 4.69) is 6.07 Å². The Morgan fingerprint density at radius 2 is 2.08 bits per heavy atom. The van der Waals surface area contributed by atoms with Crippen molar-refractivity contribution in [1.29, 1.82) is 0 Å². The summed E-state index contributed by atoms with van der Waals surface area (Å²) in [5, 5.41) is 0. The molecule has 1 aliphatic rings. The van der Waals surface area contributed by atoms with Crippen LogP contribution >= 0.6 is 0 Å². The molecule has 6 heteroatoms. The second kappa shape index (κ2) is 7.64. The van der Waals surface area contributed by atoms with Crippen LogP contribution in [-0.4, -0.2) is 29.8 Å². The molecule has 2 aromatic rings. The van der Waals surface area contributed by atoms with Crippen molar-refractivity contribution in [3.63, 3.8) is 0 Å². The highest BCUT2D eigenvalue weighted by Crippen LogP contribution is 2.23. The van der Waals surface area contributed by atoms with E-state index >= 15 is 0 Å². The lowest BCUT2D eigenvalue weighted by Crippen LogP contribution is -2.29. The van der Waals surface area contributed by atoms with Gasteiger partial charge in [0.1, 0.15) is 18.1 Å². The first-order chi connectivity index (χ1) is 12.4. The molecule has 26 heavy (non-hydrogen) atoms. The number of carbonyl (C=O) groups excluding carboxylic acids is 2. The minimum Gasteiger partial charge on any atom is -0.485 e. The number of nitrogens with two attached hydrogens (primary N) is 1. The fourth-order valence-corrected chi connectivity index (χ4v) is 3.30. The molecule has 0 radical (unpaired) electrons. The molecule has 0 aliphatic carbocycles. The minimum absolute atomic E-state index is 0.138. The van der Waals surface area contributed by atoms with Crippen molar-refractivity contribution in [3.05, 3.63) is 53.0 Å². The Morgan fingerprint density at radius 1 is 1.27 bits per heavy atom. The van der Waals surface area contributed by atoms with Crippen molar-refractivity contribution in [2.75, 3.05) is 13.1 Å². The zero-order chi connectivity index (χ0) is 18.7. The number of benzene rings is 1. The Balaban J connectivity index is 1.57.